The van der Waals surface area contributed by atoms with Crippen LogP contribution in [-0.4, -0.2) is 28.7 Å². The zero-order valence-electron chi connectivity index (χ0n) is 19.7. The van der Waals surface area contributed by atoms with E-state index in [1.54, 1.807) is 0 Å². The molecule has 0 aliphatic rings. The summed E-state index contributed by atoms with van der Waals surface area (Å²) in [5.74, 6) is 0.221. The van der Waals surface area contributed by atoms with Gasteiger partial charge in [-0.15, -0.1) is 11.8 Å². The summed E-state index contributed by atoms with van der Waals surface area (Å²) in [5.41, 5.74) is 5.96. The molecule has 0 saturated heterocycles. The number of hydrogen-bond donors (Lipinski definition) is 2. The number of benzene rings is 3. The number of nitrogens with one attached hydrogen (secondary N) is 2. The van der Waals surface area contributed by atoms with E-state index in [-0.39, 0.29) is 11.8 Å². The van der Waals surface area contributed by atoms with Gasteiger partial charge in [0.2, 0.25) is 5.91 Å². The summed E-state index contributed by atoms with van der Waals surface area (Å²) < 4.78 is 2.13. The third-order valence-corrected chi connectivity index (χ3v) is 6.76. The summed E-state index contributed by atoms with van der Waals surface area (Å²) in [7, 11) is 0. The molecule has 4 rings (SSSR count). The summed E-state index contributed by atoms with van der Waals surface area (Å²) in [6.45, 7) is 7.21. The normalized spacial score (nSPS) is 10.9. The van der Waals surface area contributed by atoms with Crippen LogP contribution in [0.4, 0.5) is 5.69 Å². The van der Waals surface area contributed by atoms with Gasteiger partial charge in [0.25, 0.3) is 5.91 Å². The molecule has 0 fully saturated rings. The number of carbonyl (C=O) groups excluding carboxylic acids is 2. The van der Waals surface area contributed by atoms with Crippen LogP contribution >= 0.6 is 11.8 Å². The highest BCUT2D eigenvalue weighted by molar-refractivity contribution is 8.00. The number of aromatic nitrogens is 1. The van der Waals surface area contributed by atoms with Crippen molar-refractivity contribution in [3.8, 4) is 0 Å². The predicted octanol–water partition coefficient (Wildman–Crippen LogP) is 5.73. The molecule has 1 heterocycles. The summed E-state index contributed by atoms with van der Waals surface area (Å²) in [4.78, 5) is 26.1. The van der Waals surface area contributed by atoms with Crippen LogP contribution in [-0.2, 0) is 11.3 Å². The fourth-order valence-electron chi connectivity index (χ4n) is 3.89. The Morgan fingerprint density at radius 2 is 1.65 bits per heavy atom. The van der Waals surface area contributed by atoms with Crippen LogP contribution < -0.4 is 10.6 Å². The first kappa shape index (κ1) is 23.6. The minimum Gasteiger partial charge on any atom is -0.350 e. The zero-order chi connectivity index (χ0) is 24.1. The van der Waals surface area contributed by atoms with E-state index < -0.39 is 0 Å². The van der Waals surface area contributed by atoms with Crippen LogP contribution in [0.2, 0.25) is 0 Å². The maximum absolute atomic E-state index is 12.6. The molecule has 2 N–H and O–H groups in total. The summed E-state index contributed by atoms with van der Waals surface area (Å²) in [5, 5.41) is 7.12. The van der Waals surface area contributed by atoms with E-state index in [0.29, 0.717) is 24.4 Å². The number of aryl methyl sites for hydroxylation is 3. The van der Waals surface area contributed by atoms with Gasteiger partial charge in [0.05, 0.1) is 5.75 Å². The molecule has 1 aromatic heterocycles. The first-order valence-corrected chi connectivity index (χ1v) is 12.3. The lowest BCUT2D eigenvalue weighted by molar-refractivity contribution is -0.113. The molecular weight excluding hydrogens is 442 g/mol. The Balaban J connectivity index is 1.38. The molecule has 34 heavy (non-hydrogen) atoms. The molecule has 0 aliphatic heterocycles. The van der Waals surface area contributed by atoms with Gasteiger partial charge in [0, 0.05) is 46.3 Å². The van der Waals surface area contributed by atoms with Gasteiger partial charge in [-0.05, 0) is 50.6 Å². The SMILES string of the molecule is Cc1ccc(C(=O)NCCn2cc(SCC(=O)Nc3ccc(C)cc3C)c3ccccc32)cc1. The summed E-state index contributed by atoms with van der Waals surface area (Å²) in [6, 6.07) is 21.7. The van der Waals surface area contributed by atoms with Gasteiger partial charge in [-0.25, -0.2) is 0 Å². The fourth-order valence-corrected chi connectivity index (χ4v) is 4.78. The Morgan fingerprint density at radius 1 is 0.912 bits per heavy atom. The van der Waals surface area contributed by atoms with Gasteiger partial charge >= 0.3 is 0 Å². The number of carbonyl (C=O) groups is 2. The molecule has 2 amide bonds. The van der Waals surface area contributed by atoms with Crippen molar-refractivity contribution in [2.45, 2.75) is 32.2 Å². The lowest BCUT2D eigenvalue weighted by Crippen LogP contribution is -2.27. The highest BCUT2D eigenvalue weighted by Gasteiger charge is 2.12. The number of anilines is 1. The van der Waals surface area contributed by atoms with Gasteiger partial charge in [-0.1, -0.05) is 53.6 Å². The van der Waals surface area contributed by atoms with E-state index in [1.165, 1.54) is 17.3 Å². The Kier molecular flexibility index (Phi) is 7.38. The highest BCUT2D eigenvalue weighted by atomic mass is 32.2. The molecule has 0 spiro atoms. The number of nitrogens with zero attached hydrogens (tertiary/aromatic N) is 1. The Morgan fingerprint density at radius 3 is 2.41 bits per heavy atom. The smallest absolute Gasteiger partial charge is 0.251 e. The molecule has 0 bridgehead atoms. The molecule has 5 nitrogen and oxygen atoms in total. The first-order valence-electron chi connectivity index (χ1n) is 11.3. The fraction of sp³-hybridized carbons (Fsp3) is 0.214. The van der Waals surface area contributed by atoms with Crippen LogP contribution in [0.15, 0.2) is 77.8 Å². The molecule has 174 valence electrons. The third kappa shape index (κ3) is 5.69. The van der Waals surface area contributed by atoms with Crippen molar-refractivity contribution in [3.63, 3.8) is 0 Å². The monoisotopic (exact) mass is 471 g/mol. The molecule has 0 saturated carbocycles. The molecule has 0 unspecified atom stereocenters. The zero-order valence-corrected chi connectivity index (χ0v) is 20.5. The van der Waals surface area contributed by atoms with Crippen molar-refractivity contribution in [1.82, 2.24) is 9.88 Å². The standard InChI is InChI=1S/C28H29N3O2S/c1-19-8-11-22(12-9-19)28(33)29-14-15-31-17-26(23-6-4-5-7-25(23)31)34-18-27(32)30-24-13-10-20(2)16-21(24)3/h4-13,16-17H,14-15,18H2,1-3H3,(H,29,33)(H,30,32). The third-order valence-electron chi connectivity index (χ3n) is 5.72. The summed E-state index contributed by atoms with van der Waals surface area (Å²) >= 11 is 1.52. The van der Waals surface area contributed by atoms with Crippen LogP contribution in [0, 0.1) is 20.8 Å². The van der Waals surface area contributed by atoms with E-state index >= 15 is 0 Å². The Labute approximate surface area is 204 Å². The van der Waals surface area contributed by atoms with Crippen molar-refractivity contribution in [1.29, 1.82) is 0 Å². The van der Waals surface area contributed by atoms with Gasteiger partial charge in [-0.2, -0.15) is 0 Å². The maximum Gasteiger partial charge on any atom is 0.251 e. The second-order valence-electron chi connectivity index (χ2n) is 8.48. The lowest BCUT2D eigenvalue weighted by Gasteiger charge is -2.09. The number of amides is 2. The van der Waals surface area contributed by atoms with Gasteiger partial charge in [-0.3, -0.25) is 9.59 Å². The number of thioether (sulfide) groups is 1. The molecule has 0 radical (unpaired) electrons. The van der Waals surface area contributed by atoms with E-state index in [2.05, 4.69) is 39.6 Å². The van der Waals surface area contributed by atoms with E-state index in [0.717, 1.165) is 32.6 Å². The maximum atomic E-state index is 12.6. The van der Waals surface area contributed by atoms with E-state index in [9.17, 15) is 9.59 Å². The second-order valence-corrected chi connectivity index (χ2v) is 9.50. The van der Waals surface area contributed by atoms with Crippen LogP contribution in [0.1, 0.15) is 27.0 Å². The summed E-state index contributed by atoms with van der Waals surface area (Å²) in [6.07, 6.45) is 2.07. The number of para-hydroxylation sites is 1. The van der Waals surface area contributed by atoms with E-state index in [4.69, 9.17) is 0 Å². The Bertz CT molecular complexity index is 1330. The number of fused-ring (bicyclic) bond motifs is 1. The van der Waals surface area contributed by atoms with Gasteiger partial charge < -0.3 is 15.2 Å². The topological polar surface area (TPSA) is 63.1 Å². The average molecular weight is 472 g/mol. The molecule has 0 aliphatic carbocycles. The largest absolute Gasteiger partial charge is 0.350 e. The van der Waals surface area contributed by atoms with Gasteiger partial charge in [0.1, 0.15) is 0 Å². The van der Waals surface area contributed by atoms with Crippen LogP contribution in [0.25, 0.3) is 10.9 Å². The second kappa shape index (κ2) is 10.6. The molecule has 3 aromatic carbocycles. The lowest BCUT2D eigenvalue weighted by atomic mass is 10.1. The van der Waals surface area contributed by atoms with Gasteiger partial charge in [0.15, 0.2) is 0 Å². The van der Waals surface area contributed by atoms with Crippen LogP contribution in [0.3, 0.4) is 0 Å². The molecule has 0 atom stereocenters. The van der Waals surface area contributed by atoms with Crippen molar-refractivity contribution in [3.05, 3.63) is 95.2 Å². The van der Waals surface area contributed by atoms with Crippen molar-refractivity contribution < 1.29 is 9.59 Å². The first-order chi connectivity index (χ1) is 16.4. The minimum atomic E-state index is -0.0749. The average Bonchev–Trinajstić information content (AvgIpc) is 3.18. The molecule has 4 aromatic rings. The molecule has 6 heteroatoms. The predicted molar refractivity (Wildman–Crippen MR) is 141 cm³/mol. The number of hydrogen-bond acceptors (Lipinski definition) is 3. The van der Waals surface area contributed by atoms with E-state index in [1.807, 2.05) is 69.3 Å². The Hall–Kier alpha value is -3.51. The quantitative estimate of drug-likeness (QED) is 0.323. The highest BCUT2D eigenvalue weighted by Crippen LogP contribution is 2.30. The number of rotatable bonds is 8. The van der Waals surface area contributed by atoms with Crippen molar-refractivity contribution in [2.24, 2.45) is 0 Å². The van der Waals surface area contributed by atoms with Crippen molar-refractivity contribution in [2.75, 3.05) is 17.6 Å². The molecular formula is C28H29N3O2S. The van der Waals surface area contributed by atoms with Crippen LogP contribution in [0.5, 0.6) is 0 Å². The van der Waals surface area contributed by atoms with Crippen molar-refractivity contribution >= 4 is 40.2 Å². The minimum absolute atomic E-state index is 0.0286.